The molecule has 5 heteroatoms. The van der Waals surface area contributed by atoms with E-state index in [2.05, 4.69) is 40.1 Å². The molecule has 1 unspecified atom stereocenters. The van der Waals surface area contributed by atoms with Gasteiger partial charge < -0.3 is 14.9 Å². The van der Waals surface area contributed by atoms with E-state index in [-0.39, 0.29) is 36.5 Å². The smallest absolute Gasteiger partial charge is 0.0789 e. The lowest BCUT2D eigenvalue weighted by Crippen LogP contribution is -2.58. The van der Waals surface area contributed by atoms with Gasteiger partial charge in [0, 0.05) is 31.4 Å². The lowest BCUT2D eigenvalue weighted by atomic mass is 9.81. The van der Waals surface area contributed by atoms with Gasteiger partial charge in [-0.05, 0) is 44.2 Å². The Labute approximate surface area is 183 Å². The number of piperidine rings is 1. The van der Waals surface area contributed by atoms with Crippen molar-refractivity contribution in [3.05, 3.63) is 30.3 Å². The number of halogens is 2. The van der Waals surface area contributed by atoms with Crippen molar-refractivity contribution in [3.8, 4) is 0 Å². The monoisotopic (exact) mass is 428 g/mol. The number of aliphatic hydroxyl groups excluding tert-OH is 1. The van der Waals surface area contributed by atoms with Crippen LogP contribution in [0.15, 0.2) is 30.3 Å². The van der Waals surface area contributed by atoms with Crippen molar-refractivity contribution in [1.82, 2.24) is 4.90 Å². The third-order valence-electron chi connectivity index (χ3n) is 7.36. The molecule has 4 rings (SSSR count). The predicted molar refractivity (Wildman–Crippen MR) is 123 cm³/mol. The average Bonchev–Trinajstić information content (AvgIpc) is 3.06. The molecule has 0 amide bonds. The molecule has 0 radical (unpaired) electrons. The largest absolute Gasteiger partial charge is 0.391 e. The summed E-state index contributed by atoms with van der Waals surface area (Å²) in [6.45, 7) is 3.31. The molecule has 0 aromatic heterocycles. The molecule has 2 saturated heterocycles. The van der Waals surface area contributed by atoms with Gasteiger partial charge in [0.25, 0.3) is 0 Å². The summed E-state index contributed by atoms with van der Waals surface area (Å²) in [7, 11) is 0. The van der Waals surface area contributed by atoms with E-state index < -0.39 is 0 Å². The van der Waals surface area contributed by atoms with Crippen LogP contribution in [0.3, 0.4) is 0 Å². The Balaban J connectivity index is 0.00000140. The van der Waals surface area contributed by atoms with Crippen LogP contribution in [-0.2, 0) is 0 Å². The Morgan fingerprint density at radius 1 is 0.750 bits per heavy atom. The second kappa shape index (κ2) is 11.1. The number of rotatable bonds is 2. The summed E-state index contributed by atoms with van der Waals surface area (Å²) in [5.74, 6) is 0. The highest BCUT2D eigenvalue weighted by Crippen LogP contribution is 2.42. The highest BCUT2D eigenvalue weighted by molar-refractivity contribution is 5.85. The van der Waals surface area contributed by atoms with Gasteiger partial charge in [0.05, 0.1) is 11.6 Å². The molecular weight excluding hydrogens is 391 g/mol. The number of hydrogen-bond acceptors (Lipinski definition) is 3. The van der Waals surface area contributed by atoms with Crippen LogP contribution in [0.1, 0.15) is 70.6 Å². The topological polar surface area (TPSA) is 26.7 Å². The first-order chi connectivity index (χ1) is 12.8. The minimum absolute atomic E-state index is 0. The summed E-state index contributed by atoms with van der Waals surface area (Å²) in [5, 5.41) is 10.9. The van der Waals surface area contributed by atoms with Crippen LogP contribution in [-0.4, -0.2) is 47.3 Å². The third-order valence-corrected chi connectivity index (χ3v) is 7.36. The van der Waals surface area contributed by atoms with Crippen molar-refractivity contribution in [2.75, 3.05) is 24.5 Å². The van der Waals surface area contributed by atoms with Crippen LogP contribution in [0.25, 0.3) is 0 Å². The van der Waals surface area contributed by atoms with E-state index in [0.717, 1.165) is 44.9 Å². The minimum Gasteiger partial charge on any atom is -0.391 e. The average molecular weight is 429 g/mol. The third kappa shape index (κ3) is 4.98. The second-order valence-corrected chi connectivity index (χ2v) is 8.78. The summed E-state index contributed by atoms with van der Waals surface area (Å²) >= 11 is 0. The molecule has 1 N–H and O–H groups in total. The van der Waals surface area contributed by atoms with Gasteiger partial charge in [-0.1, -0.05) is 56.7 Å². The highest BCUT2D eigenvalue weighted by Gasteiger charge is 2.50. The SMILES string of the molecule is Cl.Cl.OC1CCN(c2ccccc2)C12CCN(C1CCCCCCCC1)CC2. The van der Waals surface area contributed by atoms with E-state index in [0.29, 0.717) is 0 Å². The van der Waals surface area contributed by atoms with E-state index in [9.17, 15) is 5.11 Å². The maximum atomic E-state index is 10.9. The predicted octanol–water partition coefficient (Wildman–Crippen LogP) is 5.44. The maximum Gasteiger partial charge on any atom is 0.0789 e. The molecule has 1 spiro atoms. The van der Waals surface area contributed by atoms with Crippen molar-refractivity contribution in [2.24, 2.45) is 0 Å². The van der Waals surface area contributed by atoms with Gasteiger partial charge in [0.1, 0.15) is 0 Å². The molecule has 28 heavy (non-hydrogen) atoms. The molecule has 1 atom stereocenters. The van der Waals surface area contributed by atoms with E-state index in [1.54, 1.807) is 0 Å². The van der Waals surface area contributed by atoms with Gasteiger partial charge in [-0.25, -0.2) is 0 Å². The molecule has 2 aliphatic heterocycles. The molecule has 1 aromatic rings. The summed E-state index contributed by atoms with van der Waals surface area (Å²) in [6.07, 6.45) is 14.3. The standard InChI is InChI=1S/C23H36N2O.2ClH/c26-22-14-17-25(21-12-8-5-9-13-21)23(22)15-18-24(19-16-23)20-10-6-3-1-2-4-7-11-20;;/h5,8-9,12-13,20,22,26H,1-4,6-7,10-11,14-19H2;2*1H. The van der Waals surface area contributed by atoms with Crippen molar-refractivity contribution >= 4 is 30.5 Å². The number of para-hydroxylation sites is 1. The molecule has 3 fully saturated rings. The first-order valence-corrected chi connectivity index (χ1v) is 11.0. The number of likely N-dealkylation sites (tertiary alicyclic amines) is 1. The van der Waals surface area contributed by atoms with Crippen molar-refractivity contribution in [2.45, 2.75) is 88.3 Å². The van der Waals surface area contributed by atoms with Crippen molar-refractivity contribution in [1.29, 1.82) is 0 Å². The quantitative estimate of drug-likeness (QED) is 0.678. The van der Waals surface area contributed by atoms with Crippen LogP contribution >= 0.6 is 24.8 Å². The molecule has 2 heterocycles. The summed E-state index contributed by atoms with van der Waals surface area (Å²) < 4.78 is 0. The van der Waals surface area contributed by atoms with E-state index in [1.807, 2.05) is 0 Å². The zero-order valence-electron chi connectivity index (χ0n) is 17.1. The molecular formula is C23H38Cl2N2O. The molecule has 1 aliphatic carbocycles. The van der Waals surface area contributed by atoms with Gasteiger partial charge >= 0.3 is 0 Å². The number of anilines is 1. The van der Waals surface area contributed by atoms with Crippen LogP contribution < -0.4 is 4.90 Å². The van der Waals surface area contributed by atoms with Crippen LogP contribution in [0, 0.1) is 0 Å². The van der Waals surface area contributed by atoms with Crippen molar-refractivity contribution in [3.63, 3.8) is 0 Å². The van der Waals surface area contributed by atoms with Crippen LogP contribution in [0.5, 0.6) is 0 Å². The lowest BCUT2D eigenvalue weighted by molar-refractivity contribution is 0.0376. The molecule has 160 valence electrons. The Kier molecular flexibility index (Phi) is 9.40. The summed E-state index contributed by atoms with van der Waals surface area (Å²) in [6, 6.07) is 11.5. The van der Waals surface area contributed by atoms with Gasteiger partial charge in [-0.3, -0.25) is 0 Å². The fourth-order valence-corrected chi connectivity index (χ4v) is 5.77. The number of benzene rings is 1. The Hall–Kier alpha value is -0.480. The number of hydrogen-bond donors (Lipinski definition) is 1. The molecule has 3 aliphatic rings. The number of aliphatic hydroxyl groups is 1. The first kappa shape index (κ1) is 23.8. The number of nitrogens with zero attached hydrogens (tertiary/aromatic N) is 2. The first-order valence-electron chi connectivity index (χ1n) is 11.0. The van der Waals surface area contributed by atoms with Crippen LogP contribution in [0.4, 0.5) is 5.69 Å². The fourth-order valence-electron chi connectivity index (χ4n) is 5.77. The Morgan fingerprint density at radius 2 is 1.32 bits per heavy atom. The fraction of sp³-hybridized carbons (Fsp3) is 0.739. The molecule has 1 aromatic carbocycles. The molecule has 1 saturated carbocycles. The van der Waals surface area contributed by atoms with E-state index in [1.165, 1.54) is 57.1 Å². The Morgan fingerprint density at radius 3 is 1.93 bits per heavy atom. The van der Waals surface area contributed by atoms with Crippen molar-refractivity contribution < 1.29 is 5.11 Å². The zero-order valence-corrected chi connectivity index (χ0v) is 18.7. The van der Waals surface area contributed by atoms with E-state index in [4.69, 9.17) is 0 Å². The van der Waals surface area contributed by atoms with Gasteiger partial charge in [-0.15, -0.1) is 24.8 Å². The highest BCUT2D eigenvalue weighted by atomic mass is 35.5. The maximum absolute atomic E-state index is 10.9. The Bertz CT molecular complexity index is 553. The van der Waals surface area contributed by atoms with Crippen LogP contribution in [0.2, 0.25) is 0 Å². The van der Waals surface area contributed by atoms with E-state index >= 15 is 0 Å². The molecule has 0 bridgehead atoms. The summed E-state index contributed by atoms with van der Waals surface area (Å²) in [4.78, 5) is 5.29. The lowest BCUT2D eigenvalue weighted by Gasteiger charge is -2.49. The second-order valence-electron chi connectivity index (χ2n) is 8.78. The molecule has 3 nitrogen and oxygen atoms in total. The summed E-state index contributed by atoms with van der Waals surface area (Å²) in [5.41, 5.74) is 1.26. The van der Waals surface area contributed by atoms with Gasteiger partial charge in [0.15, 0.2) is 0 Å². The van der Waals surface area contributed by atoms with Gasteiger partial charge in [-0.2, -0.15) is 0 Å². The van der Waals surface area contributed by atoms with Gasteiger partial charge in [0.2, 0.25) is 0 Å². The normalized spacial score (nSPS) is 26.6. The zero-order chi connectivity index (χ0) is 17.8. The minimum atomic E-state index is -0.176.